The van der Waals surface area contributed by atoms with Gasteiger partial charge in [0.2, 0.25) is 0 Å². The Balaban J connectivity index is 2.14. The monoisotopic (exact) mass is 491 g/mol. The Morgan fingerprint density at radius 3 is 2.03 bits per heavy atom. The predicted octanol–water partition coefficient (Wildman–Crippen LogP) is 4.93. The number of rotatable bonds is 12. The molecule has 0 unspecified atom stereocenters. The van der Waals surface area contributed by atoms with Gasteiger partial charge in [0.1, 0.15) is 25.0 Å². The van der Waals surface area contributed by atoms with E-state index in [2.05, 4.69) is 23.4 Å². The fourth-order valence-electron chi connectivity index (χ4n) is 2.77. The summed E-state index contributed by atoms with van der Waals surface area (Å²) in [6.07, 6.45) is 0. The zero-order valence-electron chi connectivity index (χ0n) is 20.0. The molecule has 11 heteroatoms. The Bertz CT molecular complexity index is 1200. The molecule has 0 aliphatic rings. The zero-order chi connectivity index (χ0) is 26.7. The van der Waals surface area contributed by atoms with Gasteiger partial charge in [0.25, 0.3) is 5.69 Å². The number of non-ortho nitro benzene ring substituents is 1. The second-order valence-electron chi connectivity index (χ2n) is 7.61. The Kier molecular flexibility index (Phi) is 10.0. The minimum absolute atomic E-state index is 0.0318. The van der Waals surface area contributed by atoms with Crippen LogP contribution in [0.15, 0.2) is 77.0 Å². The third-order valence-electron chi connectivity index (χ3n) is 4.69. The summed E-state index contributed by atoms with van der Waals surface area (Å²) < 4.78 is 10.3. The standard InChI is InChI=1S/C25H25N5O6/c1-17(2)24(31)35-13-11-29(12-14-36-25(32)18(3)4)21-7-5-20(6-8-21)27-28-23-10-9-22(30(33)34)15-19(23)16-26/h5-10,15H,1,3,11-14H2,2,4H3. The van der Waals surface area contributed by atoms with E-state index >= 15 is 0 Å². The first-order valence-electron chi connectivity index (χ1n) is 10.7. The Morgan fingerprint density at radius 2 is 1.56 bits per heavy atom. The quantitative estimate of drug-likeness (QED) is 0.133. The maximum atomic E-state index is 11.7. The number of nitrogens with zero attached hydrogens (tertiary/aromatic N) is 5. The van der Waals surface area contributed by atoms with Gasteiger partial charge in [-0.1, -0.05) is 13.2 Å². The number of carbonyl (C=O) groups excluding carboxylic acids is 2. The van der Waals surface area contributed by atoms with Gasteiger partial charge in [-0.2, -0.15) is 10.4 Å². The number of hydrogen-bond donors (Lipinski definition) is 0. The van der Waals surface area contributed by atoms with Gasteiger partial charge in [-0.3, -0.25) is 10.1 Å². The Labute approximate surface area is 208 Å². The number of hydrogen-bond acceptors (Lipinski definition) is 10. The summed E-state index contributed by atoms with van der Waals surface area (Å²) in [6, 6.07) is 12.5. The van der Waals surface area contributed by atoms with Gasteiger partial charge in [-0.05, 0) is 44.2 Å². The van der Waals surface area contributed by atoms with E-state index in [-0.39, 0.29) is 30.2 Å². The number of benzene rings is 2. The Hall–Kier alpha value is -4.85. The van der Waals surface area contributed by atoms with Gasteiger partial charge in [-0.15, -0.1) is 5.11 Å². The third kappa shape index (κ3) is 8.18. The van der Waals surface area contributed by atoms with Crippen molar-refractivity contribution in [1.82, 2.24) is 0 Å². The maximum absolute atomic E-state index is 11.7. The molecule has 11 nitrogen and oxygen atoms in total. The molecule has 0 amide bonds. The van der Waals surface area contributed by atoms with Crippen LogP contribution in [0.25, 0.3) is 0 Å². The summed E-state index contributed by atoms with van der Waals surface area (Å²) in [5.41, 5.74) is 1.83. The fourth-order valence-corrected chi connectivity index (χ4v) is 2.77. The zero-order valence-corrected chi connectivity index (χ0v) is 20.0. The van der Waals surface area contributed by atoms with Gasteiger partial charge in [0, 0.05) is 29.0 Å². The highest BCUT2D eigenvalue weighted by molar-refractivity contribution is 5.87. The highest BCUT2D eigenvalue weighted by atomic mass is 16.6. The van der Waals surface area contributed by atoms with E-state index in [4.69, 9.17) is 9.47 Å². The number of carbonyl (C=O) groups is 2. The number of ether oxygens (including phenoxy) is 2. The molecule has 0 heterocycles. The Morgan fingerprint density at radius 1 is 1.00 bits per heavy atom. The maximum Gasteiger partial charge on any atom is 0.333 e. The molecule has 186 valence electrons. The molecule has 0 atom stereocenters. The van der Waals surface area contributed by atoms with Gasteiger partial charge in [-0.25, -0.2) is 9.59 Å². The van der Waals surface area contributed by atoms with Crippen molar-refractivity contribution in [3.05, 3.63) is 82.4 Å². The lowest BCUT2D eigenvalue weighted by molar-refractivity contribution is -0.384. The van der Waals surface area contributed by atoms with Gasteiger partial charge < -0.3 is 14.4 Å². The highest BCUT2D eigenvalue weighted by Crippen LogP contribution is 2.27. The third-order valence-corrected chi connectivity index (χ3v) is 4.69. The molecule has 0 aliphatic carbocycles. The average molecular weight is 492 g/mol. The van der Waals surface area contributed by atoms with Crippen molar-refractivity contribution in [2.24, 2.45) is 10.2 Å². The molecular formula is C25H25N5O6. The number of nitriles is 1. The lowest BCUT2D eigenvalue weighted by Crippen LogP contribution is -2.32. The van der Waals surface area contributed by atoms with Crippen molar-refractivity contribution in [2.75, 3.05) is 31.2 Å². The van der Waals surface area contributed by atoms with Gasteiger partial charge >= 0.3 is 11.9 Å². The molecule has 0 saturated carbocycles. The molecule has 2 aromatic carbocycles. The smallest absolute Gasteiger partial charge is 0.333 e. The average Bonchev–Trinajstić information content (AvgIpc) is 2.86. The molecule has 0 radical (unpaired) electrons. The van der Waals surface area contributed by atoms with Crippen molar-refractivity contribution in [3.8, 4) is 6.07 Å². The summed E-state index contributed by atoms with van der Waals surface area (Å²) in [5, 5.41) is 28.2. The van der Waals surface area contributed by atoms with Crippen LogP contribution in [-0.2, 0) is 19.1 Å². The number of anilines is 1. The van der Waals surface area contributed by atoms with Crippen LogP contribution in [0.2, 0.25) is 0 Å². The van der Waals surface area contributed by atoms with Crippen molar-refractivity contribution in [1.29, 1.82) is 5.26 Å². The number of nitro groups is 1. The molecular weight excluding hydrogens is 466 g/mol. The van der Waals surface area contributed by atoms with E-state index in [9.17, 15) is 25.0 Å². The van der Waals surface area contributed by atoms with Crippen molar-refractivity contribution in [3.63, 3.8) is 0 Å². The number of azo groups is 1. The fraction of sp³-hybridized carbons (Fsp3) is 0.240. The normalized spacial score (nSPS) is 10.4. The van der Waals surface area contributed by atoms with Crippen LogP contribution >= 0.6 is 0 Å². The van der Waals surface area contributed by atoms with Crippen LogP contribution in [0, 0.1) is 21.4 Å². The van der Waals surface area contributed by atoms with Crippen molar-refractivity contribution < 1.29 is 24.0 Å². The second kappa shape index (κ2) is 13.1. The second-order valence-corrected chi connectivity index (χ2v) is 7.61. The molecule has 0 spiro atoms. The lowest BCUT2D eigenvalue weighted by Gasteiger charge is -2.24. The van der Waals surface area contributed by atoms with E-state index in [0.717, 1.165) is 11.8 Å². The minimum atomic E-state index is -0.592. The van der Waals surface area contributed by atoms with Crippen molar-refractivity contribution in [2.45, 2.75) is 13.8 Å². The van der Waals surface area contributed by atoms with Crippen LogP contribution in [0.4, 0.5) is 22.7 Å². The van der Waals surface area contributed by atoms with E-state index in [1.165, 1.54) is 12.1 Å². The molecule has 0 aliphatic heterocycles. The number of esters is 2. The van der Waals surface area contributed by atoms with E-state index < -0.39 is 16.9 Å². The molecule has 0 bridgehead atoms. The molecule has 2 rings (SSSR count). The first-order chi connectivity index (χ1) is 17.1. The first-order valence-corrected chi connectivity index (χ1v) is 10.7. The molecule has 0 N–H and O–H groups in total. The van der Waals surface area contributed by atoms with Gasteiger partial charge in [0.15, 0.2) is 0 Å². The molecule has 36 heavy (non-hydrogen) atoms. The minimum Gasteiger partial charge on any atom is -0.460 e. The predicted molar refractivity (Wildman–Crippen MR) is 132 cm³/mol. The van der Waals surface area contributed by atoms with Crippen LogP contribution in [0.5, 0.6) is 0 Å². The van der Waals surface area contributed by atoms with E-state index in [1.807, 2.05) is 11.0 Å². The summed E-state index contributed by atoms with van der Waals surface area (Å²) in [4.78, 5) is 35.5. The molecule has 0 saturated heterocycles. The SMILES string of the molecule is C=C(C)C(=O)OCCN(CCOC(=O)C(=C)C)c1ccc(N=Nc2ccc([N+](=O)[O-])cc2C#N)cc1. The molecule has 0 aromatic heterocycles. The lowest BCUT2D eigenvalue weighted by atomic mass is 10.2. The summed E-state index contributed by atoms with van der Waals surface area (Å²) >= 11 is 0. The van der Waals surface area contributed by atoms with Gasteiger partial charge in [0.05, 0.1) is 29.3 Å². The van der Waals surface area contributed by atoms with Crippen LogP contribution in [0.3, 0.4) is 0 Å². The summed E-state index contributed by atoms with van der Waals surface area (Å²) in [5.74, 6) is -0.996. The first kappa shape index (κ1) is 27.4. The molecule has 2 aromatic rings. The topological polar surface area (TPSA) is 147 Å². The van der Waals surface area contributed by atoms with Crippen LogP contribution in [0.1, 0.15) is 19.4 Å². The van der Waals surface area contributed by atoms with E-state index in [1.54, 1.807) is 38.1 Å². The molecule has 0 fully saturated rings. The van der Waals surface area contributed by atoms with Crippen LogP contribution in [-0.4, -0.2) is 43.2 Å². The number of nitro benzene ring substituents is 1. The van der Waals surface area contributed by atoms with E-state index in [0.29, 0.717) is 29.9 Å². The summed E-state index contributed by atoms with van der Waals surface area (Å²) in [7, 11) is 0. The summed E-state index contributed by atoms with van der Waals surface area (Å²) in [6.45, 7) is 11.1. The van der Waals surface area contributed by atoms with Crippen LogP contribution < -0.4 is 4.90 Å². The largest absolute Gasteiger partial charge is 0.460 e. The van der Waals surface area contributed by atoms with Crippen molar-refractivity contribution >= 4 is 34.7 Å². The highest BCUT2D eigenvalue weighted by Gasteiger charge is 2.12.